The molecule has 2 rings (SSSR count). The van der Waals surface area contributed by atoms with Crippen molar-refractivity contribution in [3.63, 3.8) is 0 Å². The first kappa shape index (κ1) is 23.1. The third-order valence-electron chi connectivity index (χ3n) is 4.97. The first-order valence-corrected chi connectivity index (χ1v) is 7.82. The van der Waals surface area contributed by atoms with Crippen molar-refractivity contribution >= 4 is 23.1 Å². The molecule has 0 saturated carbocycles. The number of allylic oxidation sites excluding steroid dienone is 8. The molecule has 0 radical (unpaired) electrons. The van der Waals surface area contributed by atoms with Crippen molar-refractivity contribution in [1.29, 1.82) is 0 Å². The summed E-state index contributed by atoms with van der Waals surface area (Å²) in [5.41, 5.74) is 4.69. The van der Waals surface area contributed by atoms with Gasteiger partial charge in [0.2, 0.25) is 0 Å². The van der Waals surface area contributed by atoms with Crippen molar-refractivity contribution in [2.45, 2.75) is 55.4 Å². The van der Waals surface area contributed by atoms with E-state index in [0.717, 1.165) is 0 Å². The van der Waals surface area contributed by atoms with Crippen LogP contribution < -0.4 is 0 Å². The van der Waals surface area contributed by atoms with E-state index in [1.807, 2.05) is 0 Å². The van der Waals surface area contributed by atoms with E-state index < -0.39 is 0 Å². The monoisotopic (exact) mass is 386 g/mol. The first-order valence-electron chi connectivity index (χ1n) is 7.82. The van der Waals surface area contributed by atoms with E-state index in [-0.39, 0.29) is 39.6 Å². The summed E-state index contributed by atoms with van der Waals surface area (Å²) in [6.45, 7) is 13.6. The van der Waals surface area contributed by atoms with Crippen molar-refractivity contribution in [2.24, 2.45) is 0 Å². The predicted molar refractivity (Wildman–Crippen MR) is 93.5 cm³/mol. The minimum Gasteiger partial charge on any atom is -0.289 e. The van der Waals surface area contributed by atoms with E-state index >= 15 is 0 Å². The first-order chi connectivity index (χ1) is 10.9. The SMILES string of the molecule is CC1=C(C)C(=O)C(C)=C(C)C1=O.CC1=C(C)C(=O)C(C)=C(C)C1=O.[Ni]. The number of hydrogen-bond acceptors (Lipinski definition) is 4. The fourth-order valence-corrected chi connectivity index (χ4v) is 2.49. The molecule has 0 N–H and O–H groups in total. The maximum absolute atomic E-state index is 11.4. The number of Topliss-reactive ketones (excluding diaryl/α,β-unsaturated/α-hetero) is 4. The molecular weight excluding hydrogens is 363 g/mol. The Morgan fingerprint density at radius 3 is 0.480 bits per heavy atom. The molecular formula is C20H24NiO4. The smallest absolute Gasteiger partial charge is 0.185 e. The summed E-state index contributed by atoms with van der Waals surface area (Å²) < 4.78 is 0. The molecule has 0 amide bonds. The molecule has 0 unspecified atom stereocenters. The molecule has 0 saturated heterocycles. The van der Waals surface area contributed by atoms with Gasteiger partial charge in [-0.2, -0.15) is 0 Å². The van der Waals surface area contributed by atoms with Crippen LogP contribution in [0.25, 0.3) is 0 Å². The van der Waals surface area contributed by atoms with Crippen molar-refractivity contribution < 1.29 is 35.7 Å². The summed E-state index contributed by atoms with van der Waals surface area (Å²) in [6, 6.07) is 0. The summed E-state index contributed by atoms with van der Waals surface area (Å²) in [6.07, 6.45) is 0. The fourth-order valence-electron chi connectivity index (χ4n) is 2.49. The molecule has 0 aromatic carbocycles. The van der Waals surface area contributed by atoms with Crippen LogP contribution in [0.2, 0.25) is 0 Å². The van der Waals surface area contributed by atoms with Gasteiger partial charge in [0, 0.05) is 61.1 Å². The van der Waals surface area contributed by atoms with Crippen molar-refractivity contribution in [3.05, 3.63) is 44.6 Å². The van der Waals surface area contributed by atoms with Crippen molar-refractivity contribution in [1.82, 2.24) is 0 Å². The quantitative estimate of drug-likeness (QED) is 0.471. The summed E-state index contributed by atoms with van der Waals surface area (Å²) >= 11 is 0. The van der Waals surface area contributed by atoms with Crippen LogP contribution in [0.4, 0.5) is 0 Å². The Balaban J connectivity index is 0.000000443. The van der Waals surface area contributed by atoms with E-state index in [0.29, 0.717) is 44.6 Å². The van der Waals surface area contributed by atoms with Crippen molar-refractivity contribution in [2.75, 3.05) is 0 Å². The molecule has 0 spiro atoms. The Hall–Kier alpha value is -1.87. The summed E-state index contributed by atoms with van der Waals surface area (Å²) in [5, 5.41) is 0. The average molecular weight is 387 g/mol. The number of hydrogen-bond donors (Lipinski definition) is 0. The van der Waals surface area contributed by atoms with Gasteiger partial charge in [0.15, 0.2) is 23.1 Å². The Morgan fingerprint density at radius 1 is 0.320 bits per heavy atom. The van der Waals surface area contributed by atoms with Gasteiger partial charge < -0.3 is 0 Å². The number of ketones is 4. The van der Waals surface area contributed by atoms with Gasteiger partial charge in [-0.15, -0.1) is 0 Å². The minimum absolute atomic E-state index is 0. The zero-order valence-electron chi connectivity index (χ0n) is 15.9. The number of rotatable bonds is 0. The summed E-state index contributed by atoms with van der Waals surface area (Å²) in [5.74, 6) is 0.0170. The third-order valence-corrected chi connectivity index (χ3v) is 4.97. The molecule has 2 aliphatic rings. The number of carbonyl (C=O) groups excluding carboxylic acids is 4. The van der Waals surface area contributed by atoms with Gasteiger partial charge in [0.05, 0.1) is 0 Å². The van der Waals surface area contributed by atoms with E-state index in [1.165, 1.54) is 0 Å². The van der Waals surface area contributed by atoms with Gasteiger partial charge in [-0.05, 0) is 55.4 Å². The molecule has 0 fully saturated rings. The third kappa shape index (κ3) is 4.22. The van der Waals surface area contributed by atoms with Gasteiger partial charge >= 0.3 is 0 Å². The van der Waals surface area contributed by atoms with E-state index in [1.54, 1.807) is 55.4 Å². The summed E-state index contributed by atoms with van der Waals surface area (Å²) in [4.78, 5) is 45.7. The van der Waals surface area contributed by atoms with Gasteiger partial charge in [-0.3, -0.25) is 19.2 Å². The van der Waals surface area contributed by atoms with Crippen molar-refractivity contribution in [3.8, 4) is 0 Å². The molecule has 0 aromatic heterocycles. The molecule has 4 nitrogen and oxygen atoms in total. The Bertz CT molecular complexity index is 610. The molecule has 0 bridgehead atoms. The van der Waals surface area contributed by atoms with Crippen LogP contribution in [0.1, 0.15) is 55.4 Å². The molecule has 2 aliphatic carbocycles. The van der Waals surface area contributed by atoms with Crippen LogP contribution in [-0.4, -0.2) is 23.1 Å². The summed E-state index contributed by atoms with van der Waals surface area (Å²) in [7, 11) is 0. The second kappa shape index (κ2) is 8.48. The van der Waals surface area contributed by atoms with Gasteiger partial charge in [-0.25, -0.2) is 0 Å². The van der Waals surface area contributed by atoms with Crippen LogP contribution in [0.5, 0.6) is 0 Å². The van der Waals surface area contributed by atoms with Crippen LogP contribution in [0.3, 0.4) is 0 Å². The number of carbonyl (C=O) groups is 4. The largest absolute Gasteiger partial charge is 0.289 e. The average Bonchev–Trinajstić information content (AvgIpc) is 2.58. The molecule has 0 heterocycles. The van der Waals surface area contributed by atoms with Crippen LogP contribution in [-0.2, 0) is 35.7 Å². The fraction of sp³-hybridized carbons (Fsp3) is 0.400. The zero-order valence-corrected chi connectivity index (χ0v) is 16.9. The Kier molecular flexibility index (Phi) is 7.85. The molecule has 0 aliphatic heterocycles. The maximum atomic E-state index is 11.4. The normalized spacial score (nSPS) is 18.6. The topological polar surface area (TPSA) is 68.3 Å². The van der Waals surface area contributed by atoms with E-state index in [2.05, 4.69) is 0 Å². The molecule has 25 heavy (non-hydrogen) atoms. The van der Waals surface area contributed by atoms with Crippen LogP contribution >= 0.6 is 0 Å². The molecule has 0 aromatic rings. The van der Waals surface area contributed by atoms with Crippen LogP contribution in [0, 0.1) is 0 Å². The maximum Gasteiger partial charge on any atom is 0.185 e. The Labute approximate surface area is 159 Å². The predicted octanol–water partition coefficient (Wildman–Crippen LogP) is 3.62. The molecule has 5 heteroatoms. The van der Waals surface area contributed by atoms with Gasteiger partial charge in [0.1, 0.15) is 0 Å². The Morgan fingerprint density at radius 2 is 0.400 bits per heavy atom. The second-order valence-corrected chi connectivity index (χ2v) is 6.32. The molecule has 138 valence electrons. The minimum atomic E-state index is 0. The van der Waals surface area contributed by atoms with Gasteiger partial charge in [0.25, 0.3) is 0 Å². The van der Waals surface area contributed by atoms with Crippen LogP contribution in [0.15, 0.2) is 44.6 Å². The van der Waals surface area contributed by atoms with E-state index in [9.17, 15) is 19.2 Å². The van der Waals surface area contributed by atoms with E-state index in [4.69, 9.17) is 0 Å². The standard InChI is InChI=1S/2C10H12O2.Ni/c2*1-5-6(2)10(12)8(4)7(3)9(5)11;/h2*1-4H3;. The van der Waals surface area contributed by atoms with Gasteiger partial charge in [-0.1, -0.05) is 0 Å². The zero-order chi connectivity index (χ0) is 18.9. The molecule has 0 atom stereocenters. The second-order valence-electron chi connectivity index (χ2n) is 6.32.